The molecule has 0 aromatic heterocycles. The molecule has 0 unspecified atom stereocenters. The third kappa shape index (κ3) is 5.68. The zero-order valence-corrected chi connectivity index (χ0v) is 16.5. The molecule has 1 heterocycles. The molecule has 1 aromatic carbocycles. The minimum absolute atomic E-state index is 0.0303. The van der Waals surface area contributed by atoms with Crippen LogP contribution in [0.3, 0.4) is 0 Å². The van der Waals surface area contributed by atoms with Crippen LogP contribution >= 0.6 is 0 Å². The van der Waals surface area contributed by atoms with Gasteiger partial charge in [-0.3, -0.25) is 0 Å². The smallest absolute Gasteiger partial charge is 0.333 e. The maximum absolute atomic E-state index is 11.8. The first-order chi connectivity index (χ1) is 13.3. The normalized spacial score (nSPS) is 16.1. The van der Waals surface area contributed by atoms with Crippen molar-refractivity contribution in [3.63, 3.8) is 0 Å². The van der Waals surface area contributed by atoms with Crippen molar-refractivity contribution in [2.45, 2.75) is 20.1 Å². The predicted molar refractivity (Wildman–Crippen MR) is 102 cm³/mol. The Hall–Kier alpha value is -2.64. The molecule has 0 spiro atoms. The van der Waals surface area contributed by atoms with E-state index in [9.17, 15) is 9.59 Å². The predicted octanol–water partition coefficient (Wildman–Crippen LogP) is 2.97. The molecular weight excluding hydrogens is 364 g/mol. The fraction of sp³-hybridized carbons (Fsp3) is 0.429. The fourth-order valence-corrected chi connectivity index (χ4v) is 2.44. The van der Waals surface area contributed by atoms with Crippen LogP contribution in [0.2, 0.25) is 0 Å². The second-order valence-electron chi connectivity index (χ2n) is 6.94. The molecule has 0 amide bonds. The van der Waals surface area contributed by atoms with E-state index in [4.69, 9.17) is 23.7 Å². The molecule has 1 fully saturated rings. The first-order valence-corrected chi connectivity index (χ1v) is 8.79. The van der Waals surface area contributed by atoms with Crippen molar-refractivity contribution >= 4 is 11.9 Å². The van der Waals surface area contributed by atoms with Crippen LogP contribution in [0, 0.1) is 5.41 Å². The highest BCUT2D eigenvalue weighted by Crippen LogP contribution is 2.33. The van der Waals surface area contributed by atoms with E-state index in [1.807, 2.05) is 24.3 Å². The molecule has 1 aliphatic rings. The van der Waals surface area contributed by atoms with E-state index in [0.29, 0.717) is 0 Å². The van der Waals surface area contributed by atoms with Gasteiger partial charge in [0.25, 0.3) is 0 Å². The molecular formula is C21H26O7. The van der Waals surface area contributed by atoms with Crippen LogP contribution in [0.5, 0.6) is 5.75 Å². The average molecular weight is 390 g/mol. The number of hydrogen-bond donors (Lipinski definition) is 0. The minimum Gasteiger partial charge on any atom is -0.497 e. The van der Waals surface area contributed by atoms with Gasteiger partial charge in [0.05, 0.1) is 25.7 Å². The summed E-state index contributed by atoms with van der Waals surface area (Å²) in [5, 5.41) is 0. The lowest BCUT2D eigenvalue weighted by Gasteiger charge is -2.39. The molecule has 0 saturated carbocycles. The van der Waals surface area contributed by atoms with Gasteiger partial charge >= 0.3 is 11.9 Å². The van der Waals surface area contributed by atoms with E-state index >= 15 is 0 Å². The highest BCUT2D eigenvalue weighted by Gasteiger charge is 2.40. The van der Waals surface area contributed by atoms with Crippen LogP contribution in [-0.2, 0) is 28.5 Å². The second-order valence-corrected chi connectivity index (χ2v) is 6.94. The highest BCUT2D eigenvalue weighted by molar-refractivity contribution is 5.87. The first kappa shape index (κ1) is 21.7. The molecule has 1 saturated heterocycles. The van der Waals surface area contributed by atoms with Crippen LogP contribution < -0.4 is 4.74 Å². The minimum atomic E-state index is -0.820. The number of benzene rings is 1. The second kappa shape index (κ2) is 9.52. The summed E-state index contributed by atoms with van der Waals surface area (Å²) in [6.45, 7) is 10.5. The lowest BCUT2D eigenvalue weighted by molar-refractivity contribution is -0.251. The van der Waals surface area contributed by atoms with Crippen molar-refractivity contribution in [3.05, 3.63) is 54.1 Å². The zero-order chi connectivity index (χ0) is 20.7. The number of rotatable bonds is 8. The summed E-state index contributed by atoms with van der Waals surface area (Å²) in [6.07, 6.45) is -0.576. The van der Waals surface area contributed by atoms with Gasteiger partial charge < -0.3 is 23.7 Å². The van der Waals surface area contributed by atoms with Crippen molar-refractivity contribution in [2.75, 3.05) is 33.5 Å². The van der Waals surface area contributed by atoms with Gasteiger partial charge in [-0.15, -0.1) is 0 Å². The van der Waals surface area contributed by atoms with E-state index in [1.54, 1.807) is 21.0 Å². The van der Waals surface area contributed by atoms with Crippen molar-refractivity contribution in [3.8, 4) is 5.75 Å². The molecule has 1 aromatic rings. The Balaban J connectivity index is 2.05. The van der Waals surface area contributed by atoms with Gasteiger partial charge in [0.15, 0.2) is 6.29 Å². The average Bonchev–Trinajstić information content (AvgIpc) is 2.70. The monoisotopic (exact) mass is 390 g/mol. The topological polar surface area (TPSA) is 80.3 Å². The molecule has 0 radical (unpaired) electrons. The van der Waals surface area contributed by atoms with Crippen molar-refractivity contribution in [2.24, 2.45) is 5.41 Å². The third-order valence-corrected chi connectivity index (χ3v) is 4.19. The van der Waals surface area contributed by atoms with Crippen LogP contribution in [0.15, 0.2) is 48.6 Å². The summed E-state index contributed by atoms with van der Waals surface area (Å²) in [5.41, 5.74) is 0.567. The zero-order valence-electron chi connectivity index (χ0n) is 16.5. The number of ether oxygens (including phenoxy) is 5. The summed E-state index contributed by atoms with van der Waals surface area (Å²) < 4.78 is 27.4. The molecule has 0 atom stereocenters. The third-order valence-electron chi connectivity index (χ3n) is 4.19. The number of esters is 2. The standard InChI is InChI=1S/C21H26O7/c1-14(2)18(22)25-10-21(11-26-19(23)15(3)4)12-27-20(28-13-21)16-6-8-17(24-5)9-7-16/h6-9,20H,1,3,10-13H2,2,4-5H3. The van der Waals surface area contributed by atoms with E-state index in [0.717, 1.165) is 11.3 Å². The summed E-state index contributed by atoms with van der Waals surface area (Å²) in [6, 6.07) is 7.32. The van der Waals surface area contributed by atoms with Gasteiger partial charge in [-0.2, -0.15) is 0 Å². The largest absolute Gasteiger partial charge is 0.497 e. The fourth-order valence-electron chi connectivity index (χ4n) is 2.44. The molecule has 28 heavy (non-hydrogen) atoms. The molecule has 0 bridgehead atoms. The molecule has 1 aliphatic heterocycles. The van der Waals surface area contributed by atoms with Crippen LogP contribution in [-0.4, -0.2) is 45.5 Å². The molecule has 7 heteroatoms. The van der Waals surface area contributed by atoms with Gasteiger partial charge in [-0.05, 0) is 26.0 Å². The van der Waals surface area contributed by atoms with E-state index in [1.165, 1.54) is 0 Å². The molecule has 2 rings (SSSR count). The SMILES string of the molecule is C=C(C)C(=O)OCC1(COC(=O)C(=C)C)COC(c2ccc(OC)cc2)OC1. The van der Waals surface area contributed by atoms with Crippen molar-refractivity contribution in [1.29, 1.82) is 0 Å². The van der Waals surface area contributed by atoms with Crippen LogP contribution in [0.1, 0.15) is 25.7 Å². The molecule has 0 N–H and O–H groups in total. The quantitative estimate of drug-likeness (QED) is 0.499. The van der Waals surface area contributed by atoms with Gasteiger partial charge in [-0.1, -0.05) is 25.3 Å². The highest BCUT2D eigenvalue weighted by atomic mass is 16.7. The van der Waals surface area contributed by atoms with E-state index in [2.05, 4.69) is 13.2 Å². The van der Waals surface area contributed by atoms with E-state index < -0.39 is 23.6 Å². The van der Waals surface area contributed by atoms with Crippen molar-refractivity contribution < 1.29 is 33.3 Å². The lowest BCUT2D eigenvalue weighted by atomic mass is 9.91. The summed E-state index contributed by atoms with van der Waals surface area (Å²) in [5.74, 6) is -0.321. The molecule has 152 valence electrons. The number of hydrogen-bond acceptors (Lipinski definition) is 7. The van der Waals surface area contributed by atoms with Gasteiger partial charge in [0.1, 0.15) is 19.0 Å². The Morgan fingerprint density at radius 3 is 1.86 bits per heavy atom. The van der Waals surface area contributed by atoms with E-state index in [-0.39, 0.29) is 37.6 Å². The Kier molecular flexibility index (Phi) is 7.37. The Labute approximate surface area is 164 Å². The Bertz CT molecular complexity index is 696. The van der Waals surface area contributed by atoms with Gasteiger partial charge in [0.2, 0.25) is 0 Å². The number of carbonyl (C=O) groups is 2. The van der Waals surface area contributed by atoms with Crippen LogP contribution in [0.25, 0.3) is 0 Å². The summed E-state index contributed by atoms with van der Waals surface area (Å²) in [7, 11) is 1.59. The summed E-state index contributed by atoms with van der Waals surface area (Å²) in [4.78, 5) is 23.6. The maximum atomic E-state index is 11.8. The first-order valence-electron chi connectivity index (χ1n) is 8.79. The lowest BCUT2D eigenvalue weighted by Crippen LogP contribution is -2.46. The van der Waals surface area contributed by atoms with Gasteiger partial charge in [0, 0.05) is 16.7 Å². The maximum Gasteiger partial charge on any atom is 0.333 e. The summed E-state index contributed by atoms with van der Waals surface area (Å²) >= 11 is 0. The van der Waals surface area contributed by atoms with Gasteiger partial charge in [-0.25, -0.2) is 9.59 Å². The Morgan fingerprint density at radius 2 is 1.46 bits per heavy atom. The molecule has 7 nitrogen and oxygen atoms in total. The van der Waals surface area contributed by atoms with Crippen molar-refractivity contribution in [1.82, 2.24) is 0 Å². The van der Waals surface area contributed by atoms with Crippen LogP contribution in [0.4, 0.5) is 0 Å². The Morgan fingerprint density at radius 1 is 1.00 bits per heavy atom. The number of carbonyl (C=O) groups excluding carboxylic acids is 2. The number of methoxy groups -OCH3 is 1. The molecule has 0 aliphatic carbocycles.